The van der Waals surface area contributed by atoms with Gasteiger partial charge in [-0.25, -0.2) is 9.18 Å². The summed E-state index contributed by atoms with van der Waals surface area (Å²) >= 11 is 11.5. The van der Waals surface area contributed by atoms with Crippen LogP contribution in [0, 0.1) is 5.82 Å². The SMILES string of the molecule is O=C(NCC=Cc1cc(Cl)c(F)c(Cl)c1)OCC1c2ccccc2-c2ccccc21. The number of alkyl carbamates (subject to hydrolysis) is 1. The fourth-order valence-corrected chi connectivity index (χ4v) is 4.16. The summed E-state index contributed by atoms with van der Waals surface area (Å²) < 4.78 is 18.9. The molecule has 0 heterocycles. The number of amides is 1. The molecule has 0 aliphatic heterocycles. The molecule has 1 aliphatic carbocycles. The number of ether oxygens (including phenoxy) is 1. The fourth-order valence-electron chi connectivity index (χ4n) is 3.66. The summed E-state index contributed by atoms with van der Waals surface area (Å²) in [6.07, 6.45) is 2.90. The van der Waals surface area contributed by atoms with E-state index < -0.39 is 11.9 Å². The lowest BCUT2D eigenvalue weighted by atomic mass is 9.98. The minimum Gasteiger partial charge on any atom is -0.449 e. The number of hydrogen-bond donors (Lipinski definition) is 1. The minimum absolute atomic E-state index is 0.0159. The first-order valence-electron chi connectivity index (χ1n) is 9.44. The van der Waals surface area contributed by atoms with Crippen LogP contribution in [-0.2, 0) is 4.74 Å². The van der Waals surface area contributed by atoms with Crippen molar-refractivity contribution < 1.29 is 13.9 Å². The minimum atomic E-state index is -0.646. The molecule has 0 saturated heterocycles. The molecule has 0 bridgehead atoms. The van der Waals surface area contributed by atoms with Crippen molar-refractivity contribution in [3.63, 3.8) is 0 Å². The Balaban J connectivity index is 1.34. The van der Waals surface area contributed by atoms with Crippen molar-refractivity contribution in [3.05, 3.63) is 99.3 Å². The average molecular weight is 442 g/mol. The van der Waals surface area contributed by atoms with E-state index in [1.807, 2.05) is 24.3 Å². The molecule has 3 aromatic rings. The highest BCUT2D eigenvalue weighted by molar-refractivity contribution is 6.35. The largest absolute Gasteiger partial charge is 0.449 e. The van der Waals surface area contributed by atoms with Gasteiger partial charge in [0.25, 0.3) is 0 Å². The molecule has 1 N–H and O–H groups in total. The van der Waals surface area contributed by atoms with Gasteiger partial charge in [-0.3, -0.25) is 0 Å². The maximum atomic E-state index is 13.4. The van der Waals surface area contributed by atoms with E-state index in [-0.39, 0.29) is 29.1 Å². The molecule has 0 saturated carbocycles. The molecule has 0 aromatic heterocycles. The van der Waals surface area contributed by atoms with Crippen molar-refractivity contribution in [2.75, 3.05) is 13.2 Å². The highest BCUT2D eigenvalue weighted by Crippen LogP contribution is 2.44. The Morgan fingerprint density at radius 1 is 1.00 bits per heavy atom. The van der Waals surface area contributed by atoms with Crippen LogP contribution in [0.4, 0.5) is 9.18 Å². The monoisotopic (exact) mass is 441 g/mol. The average Bonchev–Trinajstić information content (AvgIpc) is 3.07. The van der Waals surface area contributed by atoms with Crippen LogP contribution in [0.5, 0.6) is 0 Å². The molecule has 0 fully saturated rings. The summed E-state index contributed by atoms with van der Waals surface area (Å²) in [5, 5.41) is 2.58. The van der Waals surface area contributed by atoms with Crippen molar-refractivity contribution >= 4 is 35.4 Å². The van der Waals surface area contributed by atoms with Gasteiger partial charge in [-0.15, -0.1) is 0 Å². The van der Waals surface area contributed by atoms with Gasteiger partial charge in [-0.05, 0) is 39.9 Å². The molecular formula is C24H18Cl2FNO2. The normalized spacial score (nSPS) is 12.6. The van der Waals surface area contributed by atoms with E-state index in [4.69, 9.17) is 27.9 Å². The van der Waals surface area contributed by atoms with E-state index >= 15 is 0 Å². The second-order valence-electron chi connectivity index (χ2n) is 6.91. The van der Waals surface area contributed by atoms with E-state index in [1.54, 1.807) is 12.2 Å². The Hall–Kier alpha value is -2.82. The topological polar surface area (TPSA) is 38.3 Å². The zero-order valence-electron chi connectivity index (χ0n) is 15.9. The van der Waals surface area contributed by atoms with E-state index in [1.165, 1.54) is 23.3 Å². The second-order valence-corrected chi connectivity index (χ2v) is 7.72. The van der Waals surface area contributed by atoms with Gasteiger partial charge in [0.15, 0.2) is 5.82 Å². The van der Waals surface area contributed by atoms with Crippen LogP contribution in [0.25, 0.3) is 17.2 Å². The standard InChI is InChI=1S/C24H18Cl2FNO2/c25-21-12-15(13-22(26)23(21)27)6-5-11-28-24(29)30-14-20-18-9-3-1-7-16(18)17-8-2-4-10-19(17)20/h1-10,12-13,20H,11,14H2,(H,28,29). The summed E-state index contributed by atoms with van der Waals surface area (Å²) in [6.45, 7) is 0.510. The first-order valence-corrected chi connectivity index (χ1v) is 10.2. The Morgan fingerprint density at radius 3 is 2.17 bits per heavy atom. The molecule has 0 atom stereocenters. The first-order chi connectivity index (χ1) is 14.5. The van der Waals surface area contributed by atoms with Crippen molar-refractivity contribution in [3.8, 4) is 11.1 Å². The third-order valence-corrected chi connectivity index (χ3v) is 5.57. The zero-order valence-corrected chi connectivity index (χ0v) is 17.4. The highest BCUT2D eigenvalue weighted by atomic mass is 35.5. The number of halogens is 3. The predicted molar refractivity (Wildman–Crippen MR) is 119 cm³/mol. The van der Waals surface area contributed by atoms with Gasteiger partial charge in [0.2, 0.25) is 0 Å². The second kappa shape index (κ2) is 8.90. The molecule has 152 valence electrons. The van der Waals surface area contributed by atoms with Gasteiger partial charge in [-0.2, -0.15) is 0 Å². The van der Waals surface area contributed by atoms with E-state index in [0.717, 1.165) is 11.1 Å². The number of benzene rings is 3. The molecule has 3 aromatic carbocycles. The first kappa shape index (κ1) is 20.5. The summed E-state index contributed by atoms with van der Waals surface area (Å²) in [6, 6.07) is 19.3. The fraction of sp³-hybridized carbons (Fsp3) is 0.125. The van der Waals surface area contributed by atoms with E-state index in [0.29, 0.717) is 5.56 Å². The number of carbonyl (C=O) groups excluding carboxylic acids is 1. The maximum Gasteiger partial charge on any atom is 0.407 e. The molecule has 1 aliphatic rings. The molecule has 30 heavy (non-hydrogen) atoms. The van der Waals surface area contributed by atoms with Crippen LogP contribution in [0.15, 0.2) is 66.7 Å². The molecule has 1 amide bonds. The van der Waals surface area contributed by atoms with Gasteiger partial charge < -0.3 is 10.1 Å². The number of fused-ring (bicyclic) bond motifs is 3. The number of hydrogen-bond acceptors (Lipinski definition) is 2. The molecule has 3 nitrogen and oxygen atoms in total. The molecule has 0 spiro atoms. The number of carbonyl (C=O) groups is 1. The van der Waals surface area contributed by atoms with Crippen LogP contribution < -0.4 is 5.32 Å². The summed E-state index contributed by atoms with van der Waals surface area (Å²) in [7, 11) is 0. The highest BCUT2D eigenvalue weighted by Gasteiger charge is 2.28. The van der Waals surface area contributed by atoms with Crippen LogP contribution in [0.1, 0.15) is 22.6 Å². The van der Waals surface area contributed by atoms with E-state index in [2.05, 4.69) is 29.6 Å². The van der Waals surface area contributed by atoms with Crippen molar-refractivity contribution in [1.82, 2.24) is 5.32 Å². The summed E-state index contributed by atoms with van der Waals surface area (Å²) in [4.78, 5) is 12.1. The molecule has 6 heteroatoms. The van der Waals surface area contributed by atoms with Gasteiger partial charge >= 0.3 is 6.09 Å². The van der Waals surface area contributed by atoms with Crippen molar-refractivity contribution in [2.24, 2.45) is 0 Å². The Labute approximate surface area is 184 Å². The maximum absolute atomic E-state index is 13.4. The zero-order chi connectivity index (χ0) is 21.1. The Bertz CT molecular complexity index is 1060. The van der Waals surface area contributed by atoms with Crippen LogP contribution in [0.2, 0.25) is 10.0 Å². The van der Waals surface area contributed by atoms with Crippen LogP contribution in [-0.4, -0.2) is 19.2 Å². The summed E-state index contributed by atoms with van der Waals surface area (Å²) in [5.41, 5.74) is 5.33. The molecule has 0 radical (unpaired) electrons. The number of rotatable bonds is 5. The van der Waals surface area contributed by atoms with Gasteiger partial charge in [0.1, 0.15) is 6.61 Å². The molecular weight excluding hydrogens is 424 g/mol. The Kier molecular flexibility index (Phi) is 6.07. The quantitative estimate of drug-likeness (QED) is 0.448. The lowest BCUT2D eigenvalue weighted by Crippen LogP contribution is -2.26. The lowest BCUT2D eigenvalue weighted by Gasteiger charge is -2.14. The lowest BCUT2D eigenvalue weighted by molar-refractivity contribution is 0.144. The third kappa shape index (κ3) is 4.20. The number of nitrogens with one attached hydrogen (secondary N) is 1. The third-order valence-electron chi connectivity index (χ3n) is 5.02. The summed E-state index contributed by atoms with van der Waals surface area (Å²) in [5.74, 6) is -0.630. The smallest absolute Gasteiger partial charge is 0.407 e. The van der Waals surface area contributed by atoms with Crippen LogP contribution in [0.3, 0.4) is 0 Å². The van der Waals surface area contributed by atoms with Gasteiger partial charge in [-0.1, -0.05) is 83.9 Å². The van der Waals surface area contributed by atoms with Crippen molar-refractivity contribution in [2.45, 2.75) is 5.92 Å². The van der Waals surface area contributed by atoms with Crippen molar-refractivity contribution in [1.29, 1.82) is 0 Å². The Morgan fingerprint density at radius 2 is 1.57 bits per heavy atom. The molecule has 0 unspecified atom stereocenters. The van der Waals surface area contributed by atoms with Crippen LogP contribution >= 0.6 is 23.2 Å². The van der Waals surface area contributed by atoms with Gasteiger partial charge in [0.05, 0.1) is 10.0 Å². The predicted octanol–water partition coefficient (Wildman–Crippen LogP) is 6.68. The van der Waals surface area contributed by atoms with Gasteiger partial charge in [0, 0.05) is 12.5 Å². The van der Waals surface area contributed by atoms with E-state index in [9.17, 15) is 9.18 Å². The molecule has 4 rings (SSSR count).